The molecule has 1 amide bonds. The quantitative estimate of drug-likeness (QED) is 0.214. The van der Waals surface area contributed by atoms with Gasteiger partial charge in [-0.25, -0.2) is 4.98 Å². The van der Waals surface area contributed by atoms with E-state index in [4.69, 9.17) is 9.47 Å². The van der Waals surface area contributed by atoms with Crippen molar-refractivity contribution in [1.29, 1.82) is 0 Å². The number of piperazine rings is 1. The summed E-state index contributed by atoms with van der Waals surface area (Å²) in [5.41, 5.74) is 4.76. The smallest absolute Gasteiger partial charge is 0.262 e. The van der Waals surface area contributed by atoms with Crippen molar-refractivity contribution in [3.05, 3.63) is 89.6 Å². The van der Waals surface area contributed by atoms with Crippen molar-refractivity contribution in [2.45, 2.75) is 20.8 Å². The number of carbonyl (C=O) groups excluding carboxylic acids is 1. The van der Waals surface area contributed by atoms with E-state index in [0.29, 0.717) is 24.7 Å². The van der Waals surface area contributed by atoms with Crippen LogP contribution in [0.15, 0.2) is 72.9 Å². The van der Waals surface area contributed by atoms with Gasteiger partial charge in [0.05, 0.1) is 13.2 Å². The monoisotopic (exact) mass is 582 g/mol. The standard InChI is InChI=1S/C33H38N6O4/c1-4-42-28-10-5-6-11-29(28)43-32-27(31(41)36-30-23(2)8-7-9-24(30)3)22-34-33(37-32)35-25-12-14-26(15-13-25)39-18-16-38(17-19-39)20-21-40/h5-15,22,40H,4,16-21H2,1-3H3,(H,36,41)(H,34,35,37). The Morgan fingerprint density at radius 2 is 1.63 bits per heavy atom. The number of aryl methyl sites for hydroxylation is 2. The molecule has 0 spiro atoms. The molecule has 1 aromatic heterocycles. The van der Waals surface area contributed by atoms with Crippen LogP contribution in [-0.2, 0) is 0 Å². The number of nitrogens with one attached hydrogen (secondary N) is 2. The number of amides is 1. The van der Waals surface area contributed by atoms with Gasteiger partial charge in [-0.05, 0) is 68.3 Å². The largest absolute Gasteiger partial charge is 0.490 e. The zero-order valence-electron chi connectivity index (χ0n) is 24.8. The lowest BCUT2D eigenvalue weighted by Gasteiger charge is -2.35. The molecule has 0 radical (unpaired) electrons. The molecule has 1 saturated heterocycles. The SMILES string of the molecule is CCOc1ccccc1Oc1nc(Nc2ccc(N3CCN(CCO)CC3)cc2)ncc1C(=O)Nc1c(C)cccc1C. The van der Waals surface area contributed by atoms with Crippen LogP contribution in [0.1, 0.15) is 28.4 Å². The van der Waals surface area contributed by atoms with E-state index in [1.54, 1.807) is 6.07 Å². The van der Waals surface area contributed by atoms with E-state index in [-0.39, 0.29) is 29.9 Å². The summed E-state index contributed by atoms with van der Waals surface area (Å²) in [6.45, 7) is 10.8. The maximum absolute atomic E-state index is 13.5. The Balaban J connectivity index is 1.38. The Morgan fingerprint density at radius 3 is 2.30 bits per heavy atom. The molecule has 5 rings (SSSR count). The Kier molecular flexibility index (Phi) is 9.70. The fourth-order valence-electron chi connectivity index (χ4n) is 5.02. The molecule has 10 nitrogen and oxygen atoms in total. The Labute approximate surface area is 252 Å². The minimum Gasteiger partial charge on any atom is -0.490 e. The maximum Gasteiger partial charge on any atom is 0.262 e. The van der Waals surface area contributed by atoms with Crippen LogP contribution in [0.3, 0.4) is 0 Å². The van der Waals surface area contributed by atoms with Crippen LogP contribution < -0.4 is 25.0 Å². The van der Waals surface area contributed by atoms with Crippen LogP contribution >= 0.6 is 0 Å². The van der Waals surface area contributed by atoms with Gasteiger partial charge in [-0.3, -0.25) is 9.69 Å². The van der Waals surface area contributed by atoms with Gasteiger partial charge in [0.1, 0.15) is 5.56 Å². The third-order valence-corrected chi connectivity index (χ3v) is 7.35. The van der Waals surface area contributed by atoms with Gasteiger partial charge in [-0.1, -0.05) is 30.3 Å². The minimum absolute atomic E-state index is 0.103. The van der Waals surface area contributed by atoms with Crippen LogP contribution in [0, 0.1) is 13.8 Å². The van der Waals surface area contributed by atoms with Crippen LogP contribution in [0.4, 0.5) is 23.0 Å². The van der Waals surface area contributed by atoms with E-state index in [2.05, 4.69) is 42.5 Å². The lowest BCUT2D eigenvalue weighted by molar-refractivity contribution is 0.102. The number of ether oxygens (including phenoxy) is 2. The number of benzene rings is 3. The molecular formula is C33H38N6O4. The average Bonchev–Trinajstić information content (AvgIpc) is 3.01. The van der Waals surface area contributed by atoms with Gasteiger partial charge in [0.15, 0.2) is 11.5 Å². The molecule has 3 aromatic carbocycles. The van der Waals surface area contributed by atoms with Crippen LogP contribution in [0.5, 0.6) is 17.4 Å². The summed E-state index contributed by atoms with van der Waals surface area (Å²) in [5.74, 6) is 1.01. The maximum atomic E-state index is 13.5. The number of anilines is 4. The lowest BCUT2D eigenvalue weighted by atomic mass is 10.1. The summed E-state index contributed by atoms with van der Waals surface area (Å²) in [6, 6.07) is 21.2. The van der Waals surface area contributed by atoms with Crippen LogP contribution in [0.25, 0.3) is 0 Å². The summed E-state index contributed by atoms with van der Waals surface area (Å²) >= 11 is 0. The highest BCUT2D eigenvalue weighted by Gasteiger charge is 2.21. The normalized spacial score (nSPS) is 13.4. The molecule has 0 unspecified atom stereocenters. The molecule has 43 heavy (non-hydrogen) atoms. The summed E-state index contributed by atoms with van der Waals surface area (Å²) in [5, 5.41) is 15.4. The third-order valence-electron chi connectivity index (χ3n) is 7.35. The topological polar surface area (TPSA) is 112 Å². The molecule has 0 aliphatic carbocycles. The second-order valence-electron chi connectivity index (χ2n) is 10.3. The lowest BCUT2D eigenvalue weighted by Crippen LogP contribution is -2.47. The van der Waals surface area contributed by atoms with Crippen molar-refractivity contribution in [2.75, 3.05) is 61.5 Å². The molecule has 224 valence electrons. The molecular weight excluding hydrogens is 544 g/mol. The van der Waals surface area contributed by atoms with Crippen molar-refractivity contribution in [1.82, 2.24) is 14.9 Å². The first-order valence-electron chi connectivity index (χ1n) is 14.5. The molecule has 3 N–H and O–H groups in total. The number of hydrogen-bond donors (Lipinski definition) is 3. The zero-order valence-corrected chi connectivity index (χ0v) is 24.8. The molecule has 1 aliphatic heterocycles. The predicted octanol–water partition coefficient (Wildman–Crippen LogP) is 5.39. The molecule has 10 heteroatoms. The second-order valence-corrected chi connectivity index (χ2v) is 10.3. The molecule has 1 fully saturated rings. The number of para-hydroxylation sites is 3. The molecule has 4 aromatic rings. The number of aliphatic hydroxyl groups is 1. The molecule has 0 saturated carbocycles. The van der Waals surface area contributed by atoms with Crippen molar-refractivity contribution in [2.24, 2.45) is 0 Å². The first-order valence-corrected chi connectivity index (χ1v) is 14.5. The average molecular weight is 583 g/mol. The molecule has 1 aliphatic rings. The fourth-order valence-corrected chi connectivity index (χ4v) is 5.02. The van der Waals surface area contributed by atoms with E-state index in [0.717, 1.165) is 54.4 Å². The van der Waals surface area contributed by atoms with Gasteiger partial charge < -0.3 is 30.1 Å². The van der Waals surface area contributed by atoms with Gasteiger partial charge in [-0.2, -0.15) is 4.98 Å². The van der Waals surface area contributed by atoms with Crippen LogP contribution in [-0.4, -0.2) is 71.8 Å². The van der Waals surface area contributed by atoms with E-state index >= 15 is 0 Å². The van der Waals surface area contributed by atoms with E-state index in [1.807, 2.05) is 69.3 Å². The third kappa shape index (κ3) is 7.40. The Morgan fingerprint density at radius 1 is 0.930 bits per heavy atom. The summed E-state index contributed by atoms with van der Waals surface area (Å²) in [6.07, 6.45) is 1.47. The fraction of sp³-hybridized carbons (Fsp3) is 0.303. The predicted molar refractivity (Wildman–Crippen MR) is 169 cm³/mol. The van der Waals surface area contributed by atoms with Crippen molar-refractivity contribution in [3.8, 4) is 17.4 Å². The first-order chi connectivity index (χ1) is 20.9. The Bertz CT molecular complexity index is 1520. The zero-order chi connectivity index (χ0) is 30.2. The van der Waals surface area contributed by atoms with Gasteiger partial charge in [-0.15, -0.1) is 0 Å². The second kappa shape index (κ2) is 14.0. The molecule has 0 bridgehead atoms. The number of aromatic nitrogens is 2. The van der Waals surface area contributed by atoms with Gasteiger partial charge >= 0.3 is 0 Å². The number of carbonyl (C=O) groups is 1. The van der Waals surface area contributed by atoms with E-state index in [9.17, 15) is 9.90 Å². The number of aliphatic hydroxyl groups excluding tert-OH is 1. The highest BCUT2D eigenvalue weighted by atomic mass is 16.5. The first kappa shape index (κ1) is 29.8. The summed E-state index contributed by atoms with van der Waals surface area (Å²) in [7, 11) is 0. The molecule has 2 heterocycles. The summed E-state index contributed by atoms with van der Waals surface area (Å²) in [4.78, 5) is 27.2. The minimum atomic E-state index is -0.378. The number of rotatable bonds is 11. The van der Waals surface area contributed by atoms with Crippen molar-refractivity contribution < 1.29 is 19.4 Å². The van der Waals surface area contributed by atoms with E-state index < -0.39 is 0 Å². The van der Waals surface area contributed by atoms with Gasteiger partial charge in [0.25, 0.3) is 5.91 Å². The molecule has 0 atom stereocenters. The van der Waals surface area contributed by atoms with Crippen molar-refractivity contribution >= 4 is 28.9 Å². The van der Waals surface area contributed by atoms with Crippen LogP contribution in [0.2, 0.25) is 0 Å². The van der Waals surface area contributed by atoms with E-state index in [1.165, 1.54) is 6.20 Å². The van der Waals surface area contributed by atoms with Crippen molar-refractivity contribution in [3.63, 3.8) is 0 Å². The number of nitrogens with zero attached hydrogens (tertiary/aromatic N) is 4. The number of hydrogen-bond acceptors (Lipinski definition) is 9. The summed E-state index contributed by atoms with van der Waals surface area (Å²) < 4.78 is 12.0. The van der Waals surface area contributed by atoms with Gasteiger partial charge in [0.2, 0.25) is 11.8 Å². The Hall–Kier alpha value is -4.67. The highest BCUT2D eigenvalue weighted by molar-refractivity contribution is 6.06. The van der Waals surface area contributed by atoms with Gasteiger partial charge in [0, 0.05) is 56.0 Å². The highest BCUT2D eigenvalue weighted by Crippen LogP contribution is 2.33. The number of β-amino-alcohol motifs (C(OH)–C–C–N with tert-alkyl or cyclic N) is 1.